The van der Waals surface area contributed by atoms with Gasteiger partial charge in [0.05, 0.1) is 11.6 Å². The van der Waals surface area contributed by atoms with Gasteiger partial charge >= 0.3 is 0 Å². The predicted octanol–water partition coefficient (Wildman–Crippen LogP) is 1.47. The van der Waals surface area contributed by atoms with Crippen molar-refractivity contribution in [3.05, 3.63) is 35.4 Å². The van der Waals surface area contributed by atoms with Gasteiger partial charge in [-0.3, -0.25) is 0 Å². The van der Waals surface area contributed by atoms with Gasteiger partial charge < -0.3 is 10.8 Å². The zero-order valence-electron chi connectivity index (χ0n) is 8.46. The summed E-state index contributed by atoms with van der Waals surface area (Å²) in [6.45, 7) is -1.10. The van der Waals surface area contributed by atoms with Crippen molar-refractivity contribution >= 4 is 0 Å². The molecule has 2 nitrogen and oxygen atoms in total. The summed E-state index contributed by atoms with van der Waals surface area (Å²) in [6.07, 6.45) is -0.506. The summed E-state index contributed by atoms with van der Waals surface area (Å²) in [7, 11) is 0. The fourth-order valence-electron chi connectivity index (χ4n) is 2.03. The van der Waals surface area contributed by atoms with Gasteiger partial charge in [-0.05, 0) is 18.6 Å². The maximum Gasteiger partial charge on any atom is 0.131 e. The molecule has 0 radical (unpaired) electrons. The fourth-order valence-corrected chi connectivity index (χ4v) is 2.03. The highest BCUT2D eigenvalue weighted by atomic mass is 19.1. The molecule has 1 saturated carbocycles. The van der Waals surface area contributed by atoms with Crippen LogP contribution in [0, 0.1) is 17.6 Å². The highest BCUT2D eigenvalue weighted by Gasteiger charge is 2.53. The first-order chi connectivity index (χ1) is 7.50. The second-order valence-electron chi connectivity index (χ2n) is 4.18. The summed E-state index contributed by atoms with van der Waals surface area (Å²) in [5.74, 6) is -2.37. The van der Waals surface area contributed by atoms with E-state index in [1.54, 1.807) is 0 Å². The van der Waals surface area contributed by atoms with Crippen molar-refractivity contribution < 1.29 is 18.3 Å². The van der Waals surface area contributed by atoms with Crippen LogP contribution in [0.3, 0.4) is 0 Å². The zero-order valence-corrected chi connectivity index (χ0v) is 8.46. The molecule has 1 aliphatic carbocycles. The third-order valence-corrected chi connectivity index (χ3v) is 3.07. The van der Waals surface area contributed by atoms with Crippen molar-refractivity contribution in [2.24, 2.45) is 11.7 Å². The van der Waals surface area contributed by atoms with Crippen LogP contribution in [0.5, 0.6) is 0 Å². The monoisotopic (exact) mass is 231 g/mol. The molecule has 16 heavy (non-hydrogen) atoms. The van der Waals surface area contributed by atoms with Gasteiger partial charge in [0.1, 0.15) is 18.3 Å². The van der Waals surface area contributed by atoms with Gasteiger partial charge in [0.2, 0.25) is 0 Å². The van der Waals surface area contributed by atoms with Crippen molar-refractivity contribution in [3.8, 4) is 0 Å². The Morgan fingerprint density at radius 2 is 1.88 bits per heavy atom. The lowest BCUT2D eigenvalue weighted by atomic mass is 9.86. The molecule has 3 atom stereocenters. The molecule has 0 spiro atoms. The van der Waals surface area contributed by atoms with E-state index < -0.39 is 41.4 Å². The molecule has 1 fully saturated rings. The average Bonchev–Trinajstić information content (AvgIpc) is 2.95. The van der Waals surface area contributed by atoms with Gasteiger partial charge in [-0.25, -0.2) is 13.2 Å². The molecule has 5 heteroatoms. The number of halogens is 3. The maximum absolute atomic E-state index is 13.5. The molecule has 88 valence electrons. The minimum Gasteiger partial charge on any atom is -0.393 e. The van der Waals surface area contributed by atoms with Crippen molar-refractivity contribution in [1.29, 1.82) is 0 Å². The van der Waals surface area contributed by atoms with E-state index >= 15 is 0 Å². The summed E-state index contributed by atoms with van der Waals surface area (Å²) < 4.78 is 39.9. The molecular weight excluding hydrogens is 219 g/mol. The third kappa shape index (κ3) is 1.60. The van der Waals surface area contributed by atoms with E-state index in [0.29, 0.717) is 0 Å². The van der Waals surface area contributed by atoms with Crippen molar-refractivity contribution in [1.82, 2.24) is 0 Å². The Labute approximate surface area is 90.9 Å². The van der Waals surface area contributed by atoms with Crippen LogP contribution < -0.4 is 5.73 Å². The van der Waals surface area contributed by atoms with Crippen LogP contribution >= 0.6 is 0 Å². The number of aliphatic hydroxyl groups is 1. The SMILES string of the molecule is N[C@](CF)(c1c(F)cccc1F)[C@H]1CC1O. The Bertz CT molecular complexity index is 392. The fraction of sp³-hybridized carbons (Fsp3) is 0.455. The molecule has 2 rings (SSSR count). The number of hydrogen-bond acceptors (Lipinski definition) is 2. The summed E-state index contributed by atoms with van der Waals surface area (Å²) >= 11 is 0. The highest BCUT2D eigenvalue weighted by Crippen LogP contribution is 2.45. The molecule has 1 unspecified atom stereocenters. The van der Waals surface area contributed by atoms with Crippen LogP contribution in [0.1, 0.15) is 12.0 Å². The van der Waals surface area contributed by atoms with Gasteiger partial charge in [-0.1, -0.05) is 6.07 Å². The zero-order chi connectivity index (χ0) is 11.9. The number of rotatable bonds is 3. The largest absolute Gasteiger partial charge is 0.393 e. The van der Waals surface area contributed by atoms with Crippen LogP contribution in [0.2, 0.25) is 0 Å². The van der Waals surface area contributed by atoms with Crippen LogP contribution in [-0.2, 0) is 5.54 Å². The first kappa shape index (κ1) is 11.4. The Kier molecular flexibility index (Phi) is 2.67. The summed E-state index contributed by atoms with van der Waals surface area (Å²) in [4.78, 5) is 0. The number of nitrogens with two attached hydrogens (primary N) is 1. The molecule has 0 heterocycles. The lowest BCUT2D eigenvalue weighted by Gasteiger charge is -2.27. The van der Waals surface area contributed by atoms with E-state index in [1.165, 1.54) is 6.07 Å². The van der Waals surface area contributed by atoms with E-state index in [2.05, 4.69) is 0 Å². The van der Waals surface area contributed by atoms with Crippen molar-refractivity contribution in [2.75, 3.05) is 6.67 Å². The minimum atomic E-state index is -1.77. The van der Waals surface area contributed by atoms with E-state index in [-0.39, 0.29) is 6.42 Å². The number of benzene rings is 1. The quantitative estimate of drug-likeness (QED) is 0.827. The molecule has 0 saturated heterocycles. The topological polar surface area (TPSA) is 46.2 Å². The molecular formula is C11H12F3NO. The normalized spacial score (nSPS) is 27.6. The highest BCUT2D eigenvalue weighted by molar-refractivity contribution is 5.31. The molecule has 1 aromatic carbocycles. The lowest BCUT2D eigenvalue weighted by Crippen LogP contribution is -2.44. The van der Waals surface area contributed by atoms with E-state index in [0.717, 1.165) is 12.1 Å². The Morgan fingerprint density at radius 3 is 2.25 bits per heavy atom. The summed E-state index contributed by atoms with van der Waals surface area (Å²) in [6, 6.07) is 3.25. The molecule has 1 aromatic rings. The number of hydrogen-bond donors (Lipinski definition) is 2. The van der Waals surface area contributed by atoms with Gasteiger partial charge in [-0.15, -0.1) is 0 Å². The minimum absolute atomic E-state index is 0.272. The second kappa shape index (κ2) is 3.75. The predicted molar refractivity (Wildman–Crippen MR) is 52.3 cm³/mol. The van der Waals surface area contributed by atoms with E-state index in [4.69, 9.17) is 5.73 Å². The first-order valence-electron chi connectivity index (χ1n) is 4.98. The molecule has 0 aromatic heterocycles. The Balaban J connectivity index is 2.48. The number of aliphatic hydroxyl groups excluding tert-OH is 1. The van der Waals surface area contributed by atoms with Crippen LogP contribution in [0.25, 0.3) is 0 Å². The van der Waals surface area contributed by atoms with Crippen molar-refractivity contribution in [3.63, 3.8) is 0 Å². The second-order valence-corrected chi connectivity index (χ2v) is 4.18. The molecule has 0 amide bonds. The van der Waals surface area contributed by atoms with Crippen LogP contribution in [-0.4, -0.2) is 17.9 Å². The lowest BCUT2D eigenvalue weighted by molar-refractivity contribution is 0.191. The summed E-state index contributed by atoms with van der Waals surface area (Å²) in [5.41, 5.74) is 3.46. The molecule has 0 aliphatic heterocycles. The number of alkyl halides is 1. The van der Waals surface area contributed by atoms with Crippen molar-refractivity contribution in [2.45, 2.75) is 18.1 Å². The third-order valence-electron chi connectivity index (χ3n) is 3.07. The molecule has 0 bridgehead atoms. The maximum atomic E-state index is 13.5. The molecule has 1 aliphatic rings. The van der Waals surface area contributed by atoms with E-state index in [9.17, 15) is 18.3 Å². The average molecular weight is 231 g/mol. The van der Waals surface area contributed by atoms with Crippen LogP contribution in [0.4, 0.5) is 13.2 Å². The Hall–Kier alpha value is -1.07. The van der Waals surface area contributed by atoms with Gasteiger partial charge in [0.15, 0.2) is 0 Å². The smallest absolute Gasteiger partial charge is 0.131 e. The van der Waals surface area contributed by atoms with Gasteiger partial charge in [0, 0.05) is 11.5 Å². The Morgan fingerprint density at radius 1 is 1.38 bits per heavy atom. The first-order valence-corrected chi connectivity index (χ1v) is 4.98. The summed E-state index contributed by atoms with van der Waals surface area (Å²) in [5, 5.41) is 9.24. The van der Waals surface area contributed by atoms with Crippen LogP contribution in [0.15, 0.2) is 18.2 Å². The van der Waals surface area contributed by atoms with E-state index in [1.807, 2.05) is 0 Å². The van der Waals surface area contributed by atoms with Gasteiger partial charge in [0.25, 0.3) is 0 Å². The molecule has 3 N–H and O–H groups in total. The van der Waals surface area contributed by atoms with Gasteiger partial charge in [-0.2, -0.15) is 0 Å². The standard InChI is InChI=1S/C11H12F3NO/c12-5-11(15,6-4-9(6)16)10-7(13)2-1-3-8(10)14/h1-3,6,9,16H,4-5,15H2/t6-,9?,11-/m0/s1.